The lowest BCUT2D eigenvalue weighted by Gasteiger charge is -2.35. The highest BCUT2D eigenvalue weighted by molar-refractivity contribution is 6.30. The largest absolute Gasteiger partial charge is 0.373 e. The minimum Gasteiger partial charge on any atom is -0.373 e. The van der Waals surface area contributed by atoms with Crippen LogP contribution < -0.4 is 10.2 Å². The van der Waals surface area contributed by atoms with Gasteiger partial charge in [-0.1, -0.05) is 17.7 Å². The van der Waals surface area contributed by atoms with Gasteiger partial charge in [0.1, 0.15) is 11.6 Å². The second-order valence-electron chi connectivity index (χ2n) is 6.42. The molecule has 0 radical (unpaired) electrons. The van der Waals surface area contributed by atoms with E-state index in [1.54, 1.807) is 6.20 Å². The van der Waals surface area contributed by atoms with Crippen LogP contribution >= 0.6 is 11.6 Å². The van der Waals surface area contributed by atoms with E-state index in [1.165, 1.54) is 24.3 Å². The van der Waals surface area contributed by atoms with Crippen molar-refractivity contribution in [2.24, 2.45) is 0 Å². The zero-order chi connectivity index (χ0) is 20.8. The maximum absolute atomic E-state index is 12.4. The van der Waals surface area contributed by atoms with Gasteiger partial charge in [-0.15, -0.1) is 0 Å². The molecule has 2 aromatic rings. The van der Waals surface area contributed by atoms with Gasteiger partial charge in [0.05, 0.1) is 4.92 Å². The monoisotopic (exact) mass is 411 g/mol. The second-order valence-corrected chi connectivity index (χ2v) is 6.85. The number of anilines is 2. The number of rotatable bonds is 5. The number of halogens is 1. The van der Waals surface area contributed by atoms with Crippen molar-refractivity contribution >= 4 is 34.6 Å². The summed E-state index contributed by atoms with van der Waals surface area (Å²) in [5.74, 6) is -0.557. The van der Waals surface area contributed by atoms with Crippen LogP contribution in [0.25, 0.3) is 0 Å². The van der Waals surface area contributed by atoms with Crippen molar-refractivity contribution in [1.29, 1.82) is 5.26 Å². The van der Waals surface area contributed by atoms with Gasteiger partial charge >= 0.3 is 0 Å². The molecule has 1 aliphatic heterocycles. The molecular formula is C20H18ClN5O3. The third kappa shape index (κ3) is 5.24. The second kappa shape index (κ2) is 9.08. The number of benzene rings is 2. The van der Waals surface area contributed by atoms with Crippen molar-refractivity contribution in [2.75, 3.05) is 36.4 Å². The molecule has 0 spiro atoms. The summed E-state index contributed by atoms with van der Waals surface area (Å²) in [6.07, 6.45) is 1.55. The third-order valence-corrected chi connectivity index (χ3v) is 4.74. The molecule has 1 N–H and O–H groups in total. The van der Waals surface area contributed by atoms with Crippen molar-refractivity contribution in [2.45, 2.75) is 0 Å². The molecule has 8 nitrogen and oxygen atoms in total. The fourth-order valence-corrected chi connectivity index (χ4v) is 3.15. The molecule has 29 heavy (non-hydrogen) atoms. The lowest BCUT2D eigenvalue weighted by atomic mass is 10.2. The topological polar surface area (TPSA) is 103 Å². The van der Waals surface area contributed by atoms with Crippen LogP contribution in [0.2, 0.25) is 5.02 Å². The van der Waals surface area contributed by atoms with Gasteiger partial charge in [-0.2, -0.15) is 5.26 Å². The highest BCUT2D eigenvalue weighted by atomic mass is 35.5. The average Bonchev–Trinajstić information content (AvgIpc) is 2.72. The van der Waals surface area contributed by atoms with E-state index < -0.39 is 10.8 Å². The van der Waals surface area contributed by atoms with Crippen LogP contribution in [0.15, 0.2) is 60.3 Å². The minimum absolute atomic E-state index is 0.0282. The highest BCUT2D eigenvalue weighted by Gasteiger charge is 2.18. The third-order valence-electron chi connectivity index (χ3n) is 4.50. The highest BCUT2D eigenvalue weighted by Crippen LogP contribution is 2.21. The first-order valence-corrected chi connectivity index (χ1v) is 9.26. The predicted octanol–water partition coefficient (Wildman–Crippen LogP) is 3.42. The number of amides is 1. The Labute approximate surface area is 172 Å². The number of nitro groups is 1. The van der Waals surface area contributed by atoms with Crippen LogP contribution in [0.5, 0.6) is 0 Å². The van der Waals surface area contributed by atoms with Crippen molar-refractivity contribution in [3.05, 3.63) is 75.4 Å². The number of non-ortho nitro benzene ring substituents is 1. The maximum Gasteiger partial charge on any atom is 0.269 e. The van der Waals surface area contributed by atoms with E-state index in [1.807, 2.05) is 35.2 Å². The lowest BCUT2D eigenvalue weighted by molar-refractivity contribution is -0.384. The van der Waals surface area contributed by atoms with E-state index in [9.17, 15) is 20.2 Å². The molecule has 1 fully saturated rings. The molecule has 0 saturated carbocycles. The summed E-state index contributed by atoms with van der Waals surface area (Å²) in [7, 11) is 0. The minimum atomic E-state index is -0.557. The van der Waals surface area contributed by atoms with Gasteiger partial charge < -0.3 is 15.1 Å². The van der Waals surface area contributed by atoms with Crippen LogP contribution in [-0.2, 0) is 4.79 Å². The number of nitrogens with zero attached hydrogens (tertiary/aromatic N) is 4. The number of hydrogen-bond acceptors (Lipinski definition) is 6. The maximum atomic E-state index is 12.4. The molecule has 0 bridgehead atoms. The Hall–Kier alpha value is -3.57. The Morgan fingerprint density at radius 3 is 2.45 bits per heavy atom. The molecule has 0 aliphatic carbocycles. The van der Waals surface area contributed by atoms with E-state index in [0.717, 1.165) is 18.8 Å². The Bertz CT molecular complexity index is 976. The van der Waals surface area contributed by atoms with Gasteiger partial charge in [0.25, 0.3) is 11.6 Å². The van der Waals surface area contributed by atoms with E-state index in [4.69, 9.17) is 11.6 Å². The number of nitro benzene ring substituents is 1. The molecule has 9 heteroatoms. The lowest BCUT2D eigenvalue weighted by Crippen LogP contribution is -2.44. The molecular weight excluding hydrogens is 394 g/mol. The average molecular weight is 412 g/mol. The number of hydrogen-bond donors (Lipinski definition) is 1. The van der Waals surface area contributed by atoms with Crippen LogP contribution in [0.1, 0.15) is 0 Å². The number of piperazine rings is 1. The number of carbonyl (C=O) groups is 1. The SMILES string of the molecule is N#C/C(=C/N1CCN(c2cccc(Cl)c2)CC1)C(=O)Nc1ccc([N+](=O)[O-])cc1. The first-order chi connectivity index (χ1) is 14.0. The smallest absolute Gasteiger partial charge is 0.269 e. The fourth-order valence-electron chi connectivity index (χ4n) is 2.97. The molecule has 1 saturated heterocycles. The predicted molar refractivity (Wildman–Crippen MR) is 111 cm³/mol. The molecule has 148 valence electrons. The van der Waals surface area contributed by atoms with Crippen molar-refractivity contribution < 1.29 is 9.72 Å². The molecule has 2 aromatic carbocycles. The summed E-state index contributed by atoms with van der Waals surface area (Å²) in [4.78, 5) is 26.7. The van der Waals surface area contributed by atoms with Crippen molar-refractivity contribution in [3.63, 3.8) is 0 Å². The normalized spacial score (nSPS) is 14.3. The molecule has 0 atom stereocenters. The zero-order valence-electron chi connectivity index (χ0n) is 15.4. The molecule has 0 aromatic heterocycles. The Balaban J connectivity index is 1.60. The summed E-state index contributed by atoms with van der Waals surface area (Å²) in [6.45, 7) is 2.78. The Kier molecular flexibility index (Phi) is 6.32. The first kappa shape index (κ1) is 20.2. The Morgan fingerprint density at radius 1 is 1.17 bits per heavy atom. The number of nitriles is 1. The summed E-state index contributed by atoms with van der Waals surface area (Å²) < 4.78 is 0. The van der Waals surface area contributed by atoms with Gasteiger partial charge in [-0.25, -0.2) is 0 Å². The molecule has 3 rings (SSSR count). The van der Waals surface area contributed by atoms with Crippen LogP contribution in [-0.4, -0.2) is 41.9 Å². The van der Waals surface area contributed by atoms with Crippen molar-refractivity contribution in [3.8, 4) is 6.07 Å². The quantitative estimate of drug-likeness (QED) is 0.350. The van der Waals surface area contributed by atoms with E-state index in [2.05, 4.69) is 10.2 Å². The molecule has 0 unspecified atom stereocenters. The van der Waals surface area contributed by atoms with E-state index in [-0.39, 0.29) is 11.3 Å². The summed E-state index contributed by atoms with van der Waals surface area (Å²) >= 11 is 6.05. The van der Waals surface area contributed by atoms with Gasteiger partial charge in [0.15, 0.2) is 0 Å². The van der Waals surface area contributed by atoms with Gasteiger partial charge in [-0.3, -0.25) is 14.9 Å². The summed E-state index contributed by atoms with van der Waals surface area (Å²) in [5.41, 5.74) is 1.32. The van der Waals surface area contributed by atoms with Crippen LogP contribution in [0.3, 0.4) is 0 Å². The number of carbonyl (C=O) groups excluding carboxylic acids is 1. The molecule has 1 heterocycles. The standard InChI is InChI=1S/C20H18ClN5O3/c21-16-2-1-3-19(12-16)25-10-8-24(9-11-25)14-15(13-22)20(27)23-17-4-6-18(7-5-17)26(28)29/h1-7,12,14H,8-11H2,(H,23,27)/b15-14-. The van der Waals surface area contributed by atoms with Gasteiger partial charge in [0.2, 0.25) is 0 Å². The van der Waals surface area contributed by atoms with Gasteiger partial charge in [0, 0.05) is 60.9 Å². The summed E-state index contributed by atoms with van der Waals surface area (Å²) in [5, 5.41) is 23.3. The zero-order valence-corrected chi connectivity index (χ0v) is 16.2. The first-order valence-electron chi connectivity index (χ1n) is 8.88. The number of nitrogens with one attached hydrogen (secondary N) is 1. The Morgan fingerprint density at radius 2 is 1.86 bits per heavy atom. The summed E-state index contributed by atoms with van der Waals surface area (Å²) in [6, 6.07) is 15.0. The van der Waals surface area contributed by atoms with Crippen LogP contribution in [0, 0.1) is 21.4 Å². The van der Waals surface area contributed by atoms with E-state index in [0.29, 0.717) is 23.8 Å². The van der Waals surface area contributed by atoms with Crippen molar-refractivity contribution in [1.82, 2.24) is 4.90 Å². The molecule has 1 aliphatic rings. The van der Waals surface area contributed by atoms with E-state index >= 15 is 0 Å². The molecule has 1 amide bonds. The van der Waals surface area contributed by atoms with Gasteiger partial charge in [-0.05, 0) is 30.3 Å². The fraction of sp³-hybridized carbons (Fsp3) is 0.200. The van der Waals surface area contributed by atoms with Crippen LogP contribution in [0.4, 0.5) is 17.1 Å².